The number of nitrogens with two attached hydrogens (primary N) is 1. The third kappa shape index (κ3) is 5.77. The van der Waals surface area contributed by atoms with E-state index in [1.807, 2.05) is 28.9 Å². The average molecular weight is 489 g/mol. The predicted octanol–water partition coefficient (Wildman–Crippen LogP) is 4.18. The largest absolute Gasteiger partial charge is 0.394 e. The Balaban J connectivity index is 1.26. The fourth-order valence-electron chi connectivity index (χ4n) is 4.37. The molecule has 2 aromatic carbocycles. The van der Waals surface area contributed by atoms with Gasteiger partial charge in [0, 0.05) is 17.6 Å². The molecule has 1 fully saturated rings. The summed E-state index contributed by atoms with van der Waals surface area (Å²) in [5.41, 5.74) is 9.25. The number of rotatable bonds is 9. The number of anilines is 3. The highest BCUT2D eigenvalue weighted by molar-refractivity contribution is 5.93. The number of nitrogen functional groups attached to an aromatic ring is 1. The Morgan fingerprint density at radius 1 is 1.11 bits per heavy atom. The highest BCUT2D eigenvalue weighted by atomic mass is 19.1. The van der Waals surface area contributed by atoms with Crippen LogP contribution in [-0.4, -0.2) is 57.1 Å². The van der Waals surface area contributed by atoms with E-state index in [2.05, 4.69) is 30.4 Å². The molecule has 5 rings (SSSR count). The number of halogens is 1. The van der Waals surface area contributed by atoms with Gasteiger partial charge in [-0.1, -0.05) is 23.7 Å². The first-order valence-corrected chi connectivity index (χ1v) is 12.1. The van der Waals surface area contributed by atoms with Gasteiger partial charge in [-0.15, -0.1) is 0 Å². The van der Waals surface area contributed by atoms with Gasteiger partial charge in [-0.25, -0.2) is 14.4 Å². The number of nitrogens with zero attached hydrogens (tertiary/aromatic N) is 6. The number of nitrogens with one attached hydrogen (secondary N) is 1. The van der Waals surface area contributed by atoms with Crippen LogP contribution in [0.5, 0.6) is 0 Å². The monoisotopic (exact) mass is 488 g/mol. The molecular weight excluding hydrogens is 459 g/mol. The smallest absolute Gasteiger partial charge is 0.144 e. The Bertz CT molecular complexity index is 1350. The van der Waals surface area contributed by atoms with Crippen LogP contribution >= 0.6 is 0 Å². The number of likely N-dealkylation sites (tertiary alicyclic amines) is 1. The van der Waals surface area contributed by atoms with E-state index in [1.54, 1.807) is 18.5 Å². The van der Waals surface area contributed by atoms with Crippen LogP contribution in [0, 0.1) is 5.82 Å². The fraction of sp³-hybridized carbons (Fsp3) is 0.308. The van der Waals surface area contributed by atoms with Crippen molar-refractivity contribution in [3.8, 4) is 0 Å². The molecule has 0 bridgehead atoms. The minimum Gasteiger partial charge on any atom is -0.394 e. The van der Waals surface area contributed by atoms with Crippen LogP contribution in [0.4, 0.5) is 21.7 Å². The van der Waals surface area contributed by atoms with Crippen LogP contribution < -0.4 is 11.1 Å². The molecule has 3 N–H and O–H groups in total. The van der Waals surface area contributed by atoms with Crippen LogP contribution in [-0.2, 0) is 11.4 Å². The van der Waals surface area contributed by atoms with E-state index in [9.17, 15) is 4.39 Å². The lowest BCUT2D eigenvalue weighted by molar-refractivity contribution is 0.103. The lowest BCUT2D eigenvalue weighted by Gasteiger charge is -2.25. The van der Waals surface area contributed by atoms with Gasteiger partial charge in [0.2, 0.25) is 0 Å². The second-order valence-corrected chi connectivity index (χ2v) is 8.82. The standard InChI is InChI=1S/C26H29FN8O/c27-21-6-4-5-19(13-21)17-35-24-8-7-22(14-20(24)15-31-35)33-26-23(25(28)29-18-30-26)16-32-36-12-11-34-9-2-1-3-10-34/h4-8,13-16,18H,1-3,9-12,17H2,(H3,28,29,30,33)/b32-16+. The maximum atomic E-state index is 13.5. The topological polar surface area (TPSA) is 106 Å². The van der Waals surface area contributed by atoms with Crippen molar-refractivity contribution in [2.24, 2.45) is 5.16 Å². The van der Waals surface area contributed by atoms with Crippen molar-refractivity contribution in [1.29, 1.82) is 0 Å². The van der Waals surface area contributed by atoms with E-state index in [0.717, 1.165) is 41.8 Å². The molecule has 186 valence electrons. The first-order valence-electron chi connectivity index (χ1n) is 12.1. The summed E-state index contributed by atoms with van der Waals surface area (Å²) in [5.74, 6) is 0.573. The molecule has 0 atom stereocenters. The summed E-state index contributed by atoms with van der Waals surface area (Å²) >= 11 is 0. The Labute approximate surface area is 208 Å². The molecule has 0 aliphatic carbocycles. The van der Waals surface area contributed by atoms with Crippen molar-refractivity contribution in [3.63, 3.8) is 0 Å². The molecule has 1 aliphatic heterocycles. The molecule has 3 heterocycles. The summed E-state index contributed by atoms with van der Waals surface area (Å²) in [6.45, 7) is 4.09. The van der Waals surface area contributed by atoms with Crippen LogP contribution in [0.2, 0.25) is 0 Å². The van der Waals surface area contributed by atoms with Gasteiger partial charge in [-0.3, -0.25) is 9.58 Å². The van der Waals surface area contributed by atoms with Crippen LogP contribution in [0.15, 0.2) is 60.1 Å². The number of hydrogen-bond donors (Lipinski definition) is 2. The van der Waals surface area contributed by atoms with Gasteiger partial charge in [0.25, 0.3) is 0 Å². The second kappa shape index (κ2) is 11.1. The van der Waals surface area contributed by atoms with Crippen molar-refractivity contribution in [3.05, 3.63) is 71.9 Å². The lowest BCUT2D eigenvalue weighted by atomic mass is 10.1. The van der Waals surface area contributed by atoms with Gasteiger partial charge in [-0.2, -0.15) is 5.10 Å². The Hall–Kier alpha value is -4.05. The zero-order valence-electron chi connectivity index (χ0n) is 20.0. The Morgan fingerprint density at radius 2 is 2.00 bits per heavy atom. The van der Waals surface area contributed by atoms with Crippen LogP contribution in [0.3, 0.4) is 0 Å². The van der Waals surface area contributed by atoms with E-state index in [1.165, 1.54) is 37.7 Å². The molecule has 0 saturated carbocycles. The summed E-state index contributed by atoms with van der Waals surface area (Å²) in [5, 5.41) is 12.8. The van der Waals surface area contributed by atoms with Crippen molar-refractivity contribution < 1.29 is 9.23 Å². The summed E-state index contributed by atoms with van der Waals surface area (Å²) in [6.07, 6.45) is 8.53. The molecule has 0 unspecified atom stereocenters. The number of oxime groups is 1. The normalized spacial score (nSPS) is 14.5. The molecule has 36 heavy (non-hydrogen) atoms. The highest BCUT2D eigenvalue weighted by Crippen LogP contribution is 2.24. The first-order chi connectivity index (χ1) is 17.7. The zero-order chi connectivity index (χ0) is 24.7. The summed E-state index contributed by atoms with van der Waals surface area (Å²) in [7, 11) is 0. The zero-order valence-corrected chi connectivity index (χ0v) is 20.0. The maximum Gasteiger partial charge on any atom is 0.144 e. The second-order valence-electron chi connectivity index (χ2n) is 8.82. The van der Waals surface area contributed by atoms with Gasteiger partial charge in [0.1, 0.15) is 30.4 Å². The number of fused-ring (bicyclic) bond motifs is 1. The maximum absolute atomic E-state index is 13.5. The number of aromatic nitrogens is 4. The summed E-state index contributed by atoms with van der Waals surface area (Å²) < 4.78 is 15.4. The third-order valence-corrected chi connectivity index (χ3v) is 6.24. The number of hydrogen-bond acceptors (Lipinski definition) is 8. The van der Waals surface area contributed by atoms with Gasteiger partial charge in [-0.05, 0) is 61.8 Å². The minimum absolute atomic E-state index is 0.258. The Kier molecular flexibility index (Phi) is 7.32. The Morgan fingerprint density at radius 3 is 2.86 bits per heavy atom. The van der Waals surface area contributed by atoms with E-state index < -0.39 is 0 Å². The van der Waals surface area contributed by atoms with E-state index >= 15 is 0 Å². The minimum atomic E-state index is -0.258. The molecule has 9 nitrogen and oxygen atoms in total. The van der Waals surface area contributed by atoms with Crippen LogP contribution in [0.1, 0.15) is 30.4 Å². The first kappa shape index (κ1) is 23.7. The lowest BCUT2D eigenvalue weighted by Crippen LogP contribution is -2.32. The molecular formula is C26H29FN8O. The number of benzene rings is 2. The SMILES string of the molecule is Nc1ncnc(Nc2ccc3c(cnn3Cc3cccc(F)c3)c2)c1/C=N/OCCN1CCCCC1. The quantitative estimate of drug-likeness (QED) is 0.207. The molecule has 0 amide bonds. The highest BCUT2D eigenvalue weighted by Gasteiger charge is 2.11. The molecule has 4 aromatic rings. The van der Waals surface area contributed by atoms with E-state index in [-0.39, 0.29) is 5.82 Å². The van der Waals surface area contributed by atoms with E-state index in [0.29, 0.717) is 30.4 Å². The van der Waals surface area contributed by atoms with Gasteiger partial charge in [0.15, 0.2) is 0 Å². The fourth-order valence-corrected chi connectivity index (χ4v) is 4.37. The molecule has 2 aromatic heterocycles. The summed E-state index contributed by atoms with van der Waals surface area (Å²) in [6, 6.07) is 12.4. The van der Waals surface area contributed by atoms with Crippen molar-refractivity contribution in [2.75, 3.05) is 37.3 Å². The molecule has 1 aliphatic rings. The number of piperidine rings is 1. The van der Waals surface area contributed by atoms with Crippen LogP contribution in [0.25, 0.3) is 10.9 Å². The molecule has 1 saturated heterocycles. The van der Waals surface area contributed by atoms with Gasteiger partial charge in [0.05, 0.1) is 30.0 Å². The molecule has 0 spiro atoms. The van der Waals surface area contributed by atoms with E-state index in [4.69, 9.17) is 10.6 Å². The van der Waals surface area contributed by atoms with Gasteiger partial charge >= 0.3 is 0 Å². The summed E-state index contributed by atoms with van der Waals surface area (Å²) in [4.78, 5) is 16.3. The van der Waals surface area contributed by atoms with Crippen molar-refractivity contribution >= 4 is 34.4 Å². The predicted molar refractivity (Wildman–Crippen MR) is 139 cm³/mol. The third-order valence-electron chi connectivity index (χ3n) is 6.24. The van der Waals surface area contributed by atoms with Crippen molar-refractivity contribution in [2.45, 2.75) is 25.8 Å². The molecule has 0 radical (unpaired) electrons. The molecule has 10 heteroatoms. The van der Waals surface area contributed by atoms with Gasteiger partial charge < -0.3 is 15.9 Å². The van der Waals surface area contributed by atoms with Crippen molar-refractivity contribution in [1.82, 2.24) is 24.6 Å². The average Bonchev–Trinajstić information content (AvgIpc) is 3.28.